The number of rotatable bonds is 7. The Morgan fingerprint density at radius 1 is 0.938 bits per heavy atom. The minimum absolute atomic E-state index is 0. The van der Waals surface area contributed by atoms with E-state index in [4.69, 9.17) is 10.4 Å². The van der Waals surface area contributed by atoms with Crippen molar-refractivity contribution in [3.63, 3.8) is 0 Å². The van der Waals surface area contributed by atoms with Crippen LogP contribution in [0.4, 0.5) is 22.9 Å². The number of hydrogen-bond acceptors (Lipinski definition) is 9. The van der Waals surface area contributed by atoms with Crippen LogP contribution >= 0.6 is 0 Å². The van der Waals surface area contributed by atoms with Crippen molar-refractivity contribution in [3.05, 3.63) is 76.7 Å². The fourth-order valence-corrected chi connectivity index (χ4v) is 7.57. The van der Waals surface area contributed by atoms with Crippen molar-refractivity contribution in [1.82, 2.24) is 29.8 Å². The maximum absolute atomic E-state index is 13.1. The van der Waals surface area contributed by atoms with E-state index in [1.54, 1.807) is 11.1 Å². The zero-order valence-corrected chi connectivity index (χ0v) is 30.5. The summed E-state index contributed by atoms with van der Waals surface area (Å²) in [6.45, 7) is 5.68. The van der Waals surface area contributed by atoms with E-state index in [0.29, 0.717) is 24.4 Å². The molecule has 2 saturated heterocycles. The topological polar surface area (TPSA) is 142 Å². The zero-order valence-electron chi connectivity index (χ0n) is 27.4. The van der Waals surface area contributed by atoms with E-state index in [9.17, 15) is 14.4 Å². The molecule has 48 heavy (non-hydrogen) atoms. The minimum atomic E-state index is -0.608. The second-order valence-electron chi connectivity index (χ2n) is 12.9. The molecular weight excluding hydrogens is 636 g/mol. The molecule has 6 heterocycles. The van der Waals surface area contributed by atoms with E-state index in [2.05, 4.69) is 49.7 Å². The largest absolute Gasteiger partial charge is 1.00 e. The summed E-state index contributed by atoms with van der Waals surface area (Å²) >= 11 is 0. The molecule has 1 aromatic carbocycles. The molecule has 3 aliphatic heterocycles. The average Bonchev–Trinajstić information content (AvgIpc) is 3.85. The Hall–Kier alpha value is -3.56. The van der Waals surface area contributed by atoms with Gasteiger partial charge in [0.25, 0.3) is 5.91 Å². The molecule has 1 atom stereocenters. The fraction of sp³-hybridized carbons (Fsp3) is 0.412. The van der Waals surface area contributed by atoms with Crippen molar-refractivity contribution in [3.8, 4) is 0 Å². The van der Waals surface area contributed by atoms with E-state index in [1.807, 2.05) is 35.1 Å². The Balaban J connectivity index is 0.00000364. The van der Waals surface area contributed by atoms with Gasteiger partial charge in [-0.3, -0.25) is 19.7 Å². The number of carbonyl (C=O) groups is 3. The Morgan fingerprint density at radius 2 is 1.73 bits per heavy atom. The van der Waals surface area contributed by atoms with Crippen molar-refractivity contribution in [1.29, 1.82) is 0 Å². The first-order chi connectivity index (χ1) is 22.9. The molecule has 1 unspecified atom stereocenters. The van der Waals surface area contributed by atoms with Gasteiger partial charge in [-0.15, -0.1) is 5.69 Å². The van der Waals surface area contributed by atoms with Crippen LogP contribution in [-0.2, 0) is 16.1 Å². The number of carbonyl (C=O) groups excluding carboxylic acids is 3. The molecule has 1 aliphatic carbocycles. The molecule has 3 amide bonds. The van der Waals surface area contributed by atoms with Crippen molar-refractivity contribution < 1.29 is 65.8 Å². The van der Waals surface area contributed by atoms with Gasteiger partial charge in [0.1, 0.15) is 11.9 Å². The predicted octanol–water partition coefficient (Wildman–Crippen LogP) is 1.21. The van der Waals surface area contributed by atoms with E-state index >= 15 is 0 Å². The van der Waals surface area contributed by atoms with E-state index < -0.39 is 11.9 Å². The van der Waals surface area contributed by atoms with Crippen LogP contribution in [0.25, 0.3) is 11.1 Å². The smallest absolute Gasteiger partial charge is 0.596 e. The van der Waals surface area contributed by atoms with Crippen molar-refractivity contribution in [2.45, 2.75) is 64.0 Å². The zero-order chi connectivity index (χ0) is 32.1. The van der Waals surface area contributed by atoms with Crippen LogP contribution < -0.4 is 71.9 Å². The standard InChI is InChI=1S/C34H37N10O3.K/c1-21-16-24(39-40-27-19-35-29-10-11-37-44(29)31(27)22-4-2-3-5-22)18-36-32(21)42-14-12-41(13-15-42)25-6-7-26-23(17-25)20-43(34(26)47)28-8-9-30(45)38-33(28)46;/h6-7,10-11,16-19,22,28,40H,2-5,8-9,12-15,20H2,1H3,(H,38,45,46);/q-1;+1. The van der Waals surface area contributed by atoms with Gasteiger partial charge in [0, 0.05) is 68.6 Å². The third kappa shape index (κ3) is 6.20. The van der Waals surface area contributed by atoms with Gasteiger partial charge in [0.2, 0.25) is 11.8 Å². The Labute approximate surface area is 321 Å². The molecule has 242 valence electrons. The first-order valence-corrected chi connectivity index (χ1v) is 16.5. The summed E-state index contributed by atoms with van der Waals surface area (Å²) in [5, 5.41) is 6.90. The normalized spacial score (nSPS) is 19.8. The molecule has 0 bridgehead atoms. The molecule has 0 radical (unpaired) electrons. The molecule has 1 saturated carbocycles. The molecule has 3 aromatic heterocycles. The number of benzene rings is 1. The van der Waals surface area contributed by atoms with E-state index in [0.717, 1.165) is 84.4 Å². The summed E-state index contributed by atoms with van der Waals surface area (Å²) < 4.78 is 1.94. The maximum Gasteiger partial charge on any atom is 1.00 e. The van der Waals surface area contributed by atoms with Crippen LogP contribution in [0.2, 0.25) is 0 Å². The third-order valence-corrected chi connectivity index (χ3v) is 9.99. The second-order valence-corrected chi connectivity index (χ2v) is 12.9. The molecule has 4 aromatic rings. The van der Waals surface area contributed by atoms with Crippen molar-refractivity contribution in [2.75, 3.05) is 41.4 Å². The Kier molecular flexibility index (Phi) is 9.44. The summed E-state index contributed by atoms with van der Waals surface area (Å²) in [7, 11) is 0. The number of nitrogens with one attached hydrogen (secondary N) is 2. The number of hydrogen-bond donors (Lipinski definition) is 2. The molecule has 4 aliphatic rings. The SMILES string of the molecule is Cc1cc([N-]Nc2cnc3ccnn3c2C2CCCC2)cnc1N1CCN(c2ccc3c(c2)CN(C2CCC(=O)NC2=O)C3=O)CC1.[K+]. The molecule has 13 nitrogen and oxygen atoms in total. The van der Waals surface area contributed by atoms with Crippen molar-refractivity contribution in [2.24, 2.45) is 0 Å². The summed E-state index contributed by atoms with van der Waals surface area (Å²) in [5.74, 6) is 0.567. The number of aryl methyl sites for hydroxylation is 1. The number of anilines is 3. The third-order valence-electron chi connectivity index (χ3n) is 9.99. The number of imide groups is 1. The van der Waals surface area contributed by atoms with Gasteiger partial charge in [-0.05, 0) is 55.5 Å². The summed E-state index contributed by atoms with van der Waals surface area (Å²) in [6.07, 6.45) is 10.8. The molecule has 14 heteroatoms. The van der Waals surface area contributed by atoms with Gasteiger partial charge >= 0.3 is 51.4 Å². The van der Waals surface area contributed by atoms with Gasteiger partial charge in [-0.25, -0.2) is 14.5 Å². The van der Waals surface area contributed by atoms with E-state index in [-0.39, 0.29) is 69.6 Å². The number of pyridine rings is 1. The Bertz CT molecular complexity index is 1880. The van der Waals surface area contributed by atoms with Crippen LogP contribution in [0.1, 0.15) is 71.6 Å². The predicted molar refractivity (Wildman–Crippen MR) is 177 cm³/mol. The van der Waals surface area contributed by atoms with Crippen LogP contribution in [-0.4, -0.2) is 74.4 Å². The average molecular weight is 673 g/mol. The summed E-state index contributed by atoms with van der Waals surface area (Å²) in [6, 6.07) is 9.31. The maximum atomic E-state index is 13.1. The first-order valence-electron chi connectivity index (χ1n) is 16.5. The van der Waals surface area contributed by atoms with Crippen molar-refractivity contribution >= 4 is 46.2 Å². The minimum Gasteiger partial charge on any atom is -0.596 e. The number of piperazine rings is 1. The van der Waals surface area contributed by atoms with Crippen LogP contribution in [0.5, 0.6) is 0 Å². The van der Waals surface area contributed by atoms with Gasteiger partial charge < -0.3 is 25.6 Å². The molecule has 8 rings (SSSR count). The van der Waals surface area contributed by atoms with Gasteiger partial charge in [0.05, 0.1) is 23.8 Å². The molecule has 2 N–H and O–H groups in total. The number of amides is 3. The molecule has 3 fully saturated rings. The second kappa shape index (κ2) is 13.7. The first kappa shape index (κ1) is 33.0. The number of piperidine rings is 1. The summed E-state index contributed by atoms with van der Waals surface area (Å²) in [4.78, 5) is 52.7. The number of aromatic nitrogens is 4. The van der Waals surface area contributed by atoms with Crippen LogP contribution in [0.15, 0.2) is 48.9 Å². The quantitative estimate of drug-likeness (QED) is 0.168. The fourth-order valence-electron chi connectivity index (χ4n) is 7.57. The number of fused-ring (bicyclic) bond motifs is 2. The van der Waals surface area contributed by atoms with Gasteiger partial charge in [-0.1, -0.05) is 18.9 Å². The monoisotopic (exact) mass is 672 g/mol. The Morgan fingerprint density at radius 3 is 2.50 bits per heavy atom. The van der Waals surface area contributed by atoms with Crippen LogP contribution in [0, 0.1) is 6.92 Å². The molecule has 0 spiro atoms. The van der Waals surface area contributed by atoms with E-state index in [1.165, 1.54) is 12.8 Å². The summed E-state index contributed by atoms with van der Waals surface area (Å²) in [5.41, 5.74) is 15.2. The van der Waals surface area contributed by atoms with Gasteiger partial charge in [0.15, 0.2) is 5.65 Å². The van der Waals surface area contributed by atoms with Crippen LogP contribution in [0.3, 0.4) is 0 Å². The van der Waals surface area contributed by atoms with Gasteiger partial charge in [-0.2, -0.15) is 5.10 Å². The molecular formula is C34H37KN10O3. The number of nitrogens with zero attached hydrogens (tertiary/aromatic N) is 8.